The summed E-state index contributed by atoms with van der Waals surface area (Å²) >= 11 is 1.16. The Labute approximate surface area is 246 Å². The van der Waals surface area contributed by atoms with Gasteiger partial charge in [0.2, 0.25) is 0 Å². The molecule has 0 radical (unpaired) electrons. The molecule has 0 unspecified atom stereocenters. The standard InChI is InChI=1S/C29H42FN5O4S2/c1-4-41(38,39)15-14-34-13-11-24(18-35-12-5-6-23(17-35)16-22-7-9-25(30)10-8-22)26(19-34)32-28(37)33-29-31-20(2)27(40-29)21(3)36/h7-10,23-24,26H,4-6,11-19H2,1-3H3,(H2,31,32,33,37)/t23-,24-,26-/m0/s1. The van der Waals surface area contributed by atoms with E-state index in [0.29, 0.717) is 34.7 Å². The number of benzene rings is 1. The van der Waals surface area contributed by atoms with E-state index < -0.39 is 9.84 Å². The third-order valence-electron chi connectivity index (χ3n) is 8.19. The smallest absolute Gasteiger partial charge is 0.321 e. The van der Waals surface area contributed by atoms with Gasteiger partial charge in [0.15, 0.2) is 20.8 Å². The number of piperidine rings is 2. The summed E-state index contributed by atoms with van der Waals surface area (Å²) in [7, 11) is -3.08. The number of likely N-dealkylation sites (tertiary alicyclic amines) is 2. The van der Waals surface area contributed by atoms with Crippen molar-refractivity contribution in [2.45, 2.75) is 52.5 Å². The molecule has 2 aromatic rings. The quantitative estimate of drug-likeness (QED) is 0.372. The van der Waals surface area contributed by atoms with Gasteiger partial charge in [0, 0.05) is 44.9 Å². The summed E-state index contributed by atoms with van der Waals surface area (Å²) in [5.74, 6) is 0.623. The van der Waals surface area contributed by atoms with Crippen LogP contribution in [-0.4, -0.2) is 91.8 Å². The fourth-order valence-electron chi connectivity index (χ4n) is 5.91. The minimum Gasteiger partial charge on any atom is -0.333 e. The van der Waals surface area contributed by atoms with E-state index in [0.717, 1.165) is 68.8 Å². The van der Waals surface area contributed by atoms with Crippen LogP contribution >= 0.6 is 11.3 Å². The molecule has 4 rings (SSSR count). The van der Waals surface area contributed by atoms with Crippen LogP contribution in [0.2, 0.25) is 0 Å². The number of anilines is 1. The number of nitrogens with zero attached hydrogens (tertiary/aromatic N) is 3. The summed E-state index contributed by atoms with van der Waals surface area (Å²) in [5.41, 5.74) is 1.74. The van der Waals surface area contributed by atoms with Crippen LogP contribution in [0.3, 0.4) is 0 Å². The SMILES string of the molecule is CCS(=O)(=O)CCN1CC[C@@H](CN2CCC[C@@H](Cc3ccc(F)cc3)C2)[C@@H](NC(=O)Nc2nc(C)c(C(C)=O)s2)C1. The summed E-state index contributed by atoms with van der Waals surface area (Å²) < 4.78 is 37.6. The Morgan fingerprint density at radius 3 is 2.56 bits per heavy atom. The number of aryl methyl sites for hydroxylation is 1. The van der Waals surface area contributed by atoms with Crippen LogP contribution in [0, 0.1) is 24.6 Å². The van der Waals surface area contributed by atoms with Crippen LogP contribution in [0.15, 0.2) is 24.3 Å². The van der Waals surface area contributed by atoms with Crippen molar-refractivity contribution in [3.63, 3.8) is 0 Å². The van der Waals surface area contributed by atoms with Gasteiger partial charge in [0.25, 0.3) is 0 Å². The highest BCUT2D eigenvalue weighted by molar-refractivity contribution is 7.91. The highest BCUT2D eigenvalue weighted by Gasteiger charge is 2.33. The number of amides is 2. The lowest BCUT2D eigenvalue weighted by Gasteiger charge is -2.42. The molecule has 0 spiro atoms. The highest BCUT2D eigenvalue weighted by atomic mass is 32.2. The molecular weight excluding hydrogens is 565 g/mol. The van der Waals surface area contributed by atoms with Crippen LogP contribution in [0.5, 0.6) is 0 Å². The second-order valence-corrected chi connectivity index (χ2v) is 14.9. The van der Waals surface area contributed by atoms with Gasteiger partial charge in [-0.2, -0.15) is 0 Å². The fraction of sp³-hybridized carbons (Fsp3) is 0.621. The lowest BCUT2D eigenvalue weighted by atomic mass is 9.87. The van der Waals surface area contributed by atoms with Crippen molar-refractivity contribution in [1.82, 2.24) is 20.1 Å². The minimum atomic E-state index is -3.08. The van der Waals surface area contributed by atoms with Crippen LogP contribution < -0.4 is 10.6 Å². The van der Waals surface area contributed by atoms with Crippen LogP contribution in [0.4, 0.5) is 14.3 Å². The molecule has 0 saturated carbocycles. The molecule has 0 aliphatic carbocycles. The van der Waals surface area contributed by atoms with E-state index in [1.807, 2.05) is 12.1 Å². The van der Waals surface area contributed by atoms with E-state index in [9.17, 15) is 22.4 Å². The van der Waals surface area contributed by atoms with Crippen LogP contribution in [0.1, 0.15) is 54.0 Å². The molecule has 2 amide bonds. The molecule has 2 saturated heterocycles. The Kier molecular flexibility index (Phi) is 10.9. The maximum atomic E-state index is 13.3. The summed E-state index contributed by atoms with van der Waals surface area (Å²) in [6, 6.07) is 6.23. The van der Waals surface area contributed by atoms with Crippen LogP contribution in [0.25, 0.3) is 0 Å². The van der Waals surface area contributed by atoms with Gasteiger partial charge in [-0.1, -0.05) is 30.4 Å². The zero-order valence-electron chi connectivity index (χ0n) is 24.2. The molecule has 0 bridgehead atoms. The predicted molar refractivity (Wildman–Crippen MR) is 161 cm³/mol. The van der Waals surface area contributed by atoms with Gasteiger partial charge in [0.05, 0.1) is 16.3 Å². The van der Waals surface area contributed by atoms with Crippen molar-refractivity contribution in [3.05, 3.63) is 46.2 Å². The van der Waals surface area contributed by atoms with E-state index in [2.05, 4.69) is 25.4 Å². The molecule has 41 heavy (non-hydrogen) atoms. The minimum absolute atomic E-state index is 0.0854. The number of urea groups is 1. The van der Waals surface area contributed by atoms with E-state index in [-0.39, 0.29) is 41.1 Å². The molecule has 1 aromatic heterocycles. The lowest BCUT2D eigenvalue weighted by Crippen LogP contribution is -2.57. The molecule has 1 aromatic carbocycles. The molecular formula is C29H42FN5O4S2. The fourth-order valence-corrected chi connectivity index (χ4v) is 7.59. The number of carbonyl (C=O) groups is 2. The van der Waals surface area contributed by atoms with Gasteiger partial charge in [-0.3, -0.25) is 10.1 Å². The predicted octanol–water partition coefficient (Wildman–Crippen LogP) is 3.99. The van der Waals surface area contributed by atoms with Crippen LogP contribution in [-0.2, 0) is 16.3 Å². The van der Waals surface area contributed by atoms with Crippen molar-refractivity contribution in [3.8, 4) is 0 Å². The first-order valence-corrected chi connectivity index (χ1v) is 17.1. The maximum Gasteiger partial charge on any atom is 0.321 e. The second-order valence-electron chi connectivity index (χ2n) is 11.4. The monoisotopic (exact) mass is 607 g/mol. The molecule has 2 aliphatic heterocycles. The lowest BCUT2D eigenvalue weighted by molar-refractivity contribution is 0.0925. The first-order valence-electron chi connectivity index (χ1n) is 14.5. The number of nitrogens with one attached hydrogen (secondary N) is 2. The van der Waals surface area contributed by atoms with Gasteiger partial charge >= 0.3 is 6.03 Å². The van der Waals surface area contributed by atoms with E-state index in [1.165, 1.54) is 19.1 Å². The summed E-state index contributed by atoms with van der Waals surface area (Å²) in [6.45, 7) is 9.49. The topological polar surface area (TPSA) is 112 Å². The third kappa shape index (κ3) is 9.29. The Hall–Kier alpha value is -2.41. The Bertz CT molecular complexity index is 1300. The number of ketones is 1. The number of hydrogen-bond acceptors (Lipinski definition) is 8. The normalized spacial score (nSPS) is 22.4. The number of sulfone groups is 1. The van der Waals surface area contributed by atoms with Gasteiger partial charge in [-0.05, 0) is 75.2 Å². The molecule has 9 nitrogen and oxygen atoms in total. The maximum absolute atomic E-state index is 13.3. The van der Waals surface area contributed by atoms with Crippen molar-refractivity contribution in [2.75, 3.05) is 56.1 Å². The van der Waals surface area contributed by atoms with Crippen molar-refractivity contribution in [1.29, 1.82) is 0 Å². The second kappa shape index (κ2) is 14.2. The van der Waals surface area contributed by atoms with Gasteiger partial charge < -0.3 is 15.1 Å². The number of thiazole rings is 1. The summed E-state index contributed by atoms with van der Waals surface area (Å²) in [4.78, 5) is 34.3. The largest absolute Gasteiger partial charge is 0.333 e. The Morgan fingerprint density at radius 2 is 1.88 bits per heavy atom. The first kappa shape index (κ1) is 31.5. The average molecular weight is 608 g/mol. The van der Waals surface area contributed by atoms with Gasteiger partial charge in [0.1, 0.15) is 5.82 Å². The molecule has 2 fully saturated rings. The zero-order chi connectivity index (χ0) is 29.6. The molecule has 2 N–H and O–H groups in total. The molecule has 2 aliphatic rings. The van der Waals surface area contributed by atoms with Gasteiger partial charge in [-0.25, -0.2) is 22.6 Å². The molecule has 12 heteroatoms. The van der Waals surface area contributed by atoms with E-state index in [4.69, 9.17) is 0 Å². The summed E-state index contributed by atoms with van der Waals surface area (Å²) in [6.07, 6.45) is 4.00. The zero-order valence-corrected chi connectivity index (χ0v) is 25.8. The number of halogens is 1. The number of carbonyl (C=O) groups excluding carboxylic acids is 2. The highest BCUT2D eigenvalue weighted by Crippen LogP contribution is 2.26. The molecule has 3 heterocycles. The Morgan fingerprint density at radius 1 is 1.12 bits per heavy atom. The first-order chi connectivity index (χ1) is 19.5. The third-order valence-corrected chi connectivity index (χ3v) is 11.0. The number of aromatic nitrogens is 1. The van der Waals surface area contributed by atoms with Gasteiger partial charge in [-0.15, -0.1) is 0 Å². The van der Waals surface area contributed by atoms with Crippen molar-refractivity contribution in [2.24, 2.45) is 11.8 Å². The number of rotatable bonds is 11. The summed E-state index contributed by atoms with van der Waals surface area (Å²) in [5, 5.41) is 6.32. The number of hydrogen-bond donors (Lipinski definition) is 2. The van der Waals surface area contributed by atoms with E-state index >= 15 is 0 Å². The van der Waals surface area contributed by atoms with E-state index in [1.54, 1.807) is 13.8 Å². The molecule has 226 valence electrons. The average Bonchev–Trinajstić information content (AvgIpc) is 3.30. The Balaban J connectivity index is 1.40. The van der Waals surface area contributed by atoms with Crippen molar-refractivity contribution >= 4 is 38.1 Å². The van der Waals surface area contributed by atoms with Crippen molar-refractivity contribution < 1.29 is 22.4 Å². The molecule has 3 atom stereocenters. The number of Topliss-reactive ketones (excluding diaryl/α,β-unsaturated/α-hetero) is 1.